The lowest BCUT2D eigenvalue weighted by Gasteiger charge is -2.17. The Balaban J connectivity index is 1.77. The quantitative estimate of drug-likeness (QED) is 0.183. The lowest BCUT2D eigenvalue weighted by Crippen LogP contribution is -2.31. The molecule has 0 saturated carbocycles. The highest BCUT2D eigenvalue weighted by Gasteiger charge is 2.24. The minimum Gasteiger partial charge on any atom is -0.490 e. The first-order valence-corrected chi connectivity index (χ1v) is 12.1. The largest absolute Gasteiger partial charge is 0.490 e. The Labute approximate surface area is 200 Å². The molecule has 0 spiro atoms. The standard InChI is InChI=1S/C26H36F4N2O2/c1-3-5-6-7-9-20-14-15-31-26(32-20)19-10-12-21(13-11-19)34-18-25(30)24(29)17-33-16-23(28)22(27)8-4-2/h10-15,22-25H,3-9,16-18H2,1-2H3/t22-,23-,24-,25-/m1/s1. The van der Waals surface area contributed by atoms with Crippen molar-refractivity contribution >= 4 is 0 Å². The molecule has 0 saturated heterocycles. The third kappa shape index (κ3) is 9.95. The number of alkyl halides is 4. The maximum Gasteiger partial charge on any atom is 0.167 e. The first-order valence-electron chi connectivity index (χ1n) is 12.1. The molecule has 190 valence electrons. The van der Waals surface area contributed by atoms with Gasteiger partial charge in [-0.3, -0.25) is 0 Å². The lowest BCUT2D eigenvalue weighted by molar-refractivity contribution is -0.00820. The van der Waals surface area contributed by atoms with E-state index in [1.165, 1.54) is 19.3 Å². The number of benzene rings is 1. The molecule has 34 heavy (non-hydrogen) atoms. The summed E-state index contributed by atoms with van der Waals surface area (Å²) < 4.78 is 65.0. The molecule has 0 fully saturated rings. The van der Waals surface area contributed by atoms with E-state index in [2.05, 4.69) is 16.9 Å². The predicted molar refractivity (Wildman–Crippen MR) is 126 cm³/mol. The van der Waals surface area contributed by atoms with Crippen LogP contribution < -0.4 is 4.74 Å². The third-order valence-electron chi connectivity index (χ3n) is 5.42. The van der Waals surface area contributed by atoms with E-state index in [-0.39, 0.29) is 6.42 Å². The molecule has 0 aliphatic heterocycles. The number of nitrogens with zero attached hydrogens (tertiary/aromatic N) is 2. The molecule has 0 aliphatic carbocycles. The average molecular weight is 485 g/mol. The van der Waals surface area contributed by atoms with Gasteiger partial charge in [-0.2, -0.15) is 0 Å². The van der Waals surface area contributed by atoms with E-state index in [0.717, 1.165) is 24.1 Å². The number of unbranched alkanes of at least 4 members (excludes halogenated alkanes) is 3. The van der Waals surface area contributed by atoms with E-state index in [1.54, 1.807) is 37.4 Å². The summed E-state index contributed by atoms with van der Waals surface area (Å²) in [6.07, 6.45) is 0.422. The van der Waals surface area contributed by atoms with Gasteiger partial charge in [-0.1, -0.05) is 39.5 Å². The van der Waals surface area contributed by atoms with Crippen LogP contribution in [0.5, 0.6) is 5.75 Å². The van der Waals surface area contributed by atoms with Gasteiger partial charge in [0.2, 0.25) is 0 Å². The van der Waals surface area contributed by atoms with Gasteiger partial charge in [0.15, 0.2) is 24.3 Å². The molecule has 1 aromatic carbocycles. The van der Waals surface area contributed by atoms with Crippen molar-refractivity contribution in [3.63, 3.8) is 0 Å². The molecule has 0 amide bonds. The van der Waals surface area contributed by atoms with Crippen molar-refractivity contribution in [3.05, 3.63) is 42.2 Å². The number of hydrogen-bond donors (Lipinski definition) is 0. The highest BCUT2D eigenvalue weighted by Crippen LogP contribution is 2.21. The monoisotopic (exact) mass is 484 g/mol. The normalized spacial score (nSPS) is 15.0. The maximum absolute atomic E-state index is 14.1. The number of rotatable bonds is 17. The SMILES string of the molecule is CCCCCCc1ccnc(-c2ccc(OC[C@@H](F)[C@H](F)COC[C@@H](F)[C@H](F)CCC)cc2)n1. The van der Waals surface area contributed by atoms with Crippen LogP contribution in [0.3, 0.4) is 0 Å². The van der Waals surface area contributed by atoms with Gasteiger partial charge in [0.1, 0.15) is 18.5 Å². The molecule has 0 unspecified atom stereocenters. The predicted octanol–water partition coefficient (Wildman–Crippen LogP) is 6.81. The Bertz CT molecular complexity index is 810. The zero-order valence-corrected chi connectivity index (χ0v) is 20.1. The second-order valence-electron chi connectivity index (χ2n) is 8.41. The van der Waals surface area contributed by atoms with Crippen molar-refractivity contribution in [1.29, 1.82) is 0 Å². The summed E-state index contributed by atoms with van der Waals surface area (Å²) >= 11 is 0. The Morgan fingerprint density at radius 3 is 2.12 bits per heavy atom. The van der Waals surface area contributed by atoms with Gasteiger partial charge in [0, 0.05) is 17.5 Å². The van der Waals surface area contributed by atoms with E-state index in [9.17, 15) is 17.6 Å². The van der Waals surface area contributed by atoms with Gasteiger partial charge in [-0.05, 0) is 49.6 Å². The molecular weight excluding hydrogens is 448 g/mol. The van der Waals surface area contributed by atoms with Crippen molar-refractivity contribution in [2.75, 3.05) is 19.8 Å². The van der Waals surface area contributed by atoms with Gasteiger partial charge in [0.05, 0.1) is 13.2 Å². The summed E-state index contributed by atoms with van der Waals surface area (Å²) in [5.41, 5.74) is 1.79. The molecule has 1 aromatic heterocycles. The van der Waals surface area contributed by atoms with Gasteiger partial charge in [0.25, 0.3) is 0 Å². The highest BCUT2D eigenvalue weighted by atomic mass is 19.2. The Kier molecular flexibility index (Phi) is 12.9. The fourth-order valence-electron chi connectivity index (χ4n) is 3.35. The van der Waals surface area contributed by atoms with Gasteiger partial charge in [-0.15, -0.1) is 0 Å². The van der Waals surface area contributed by atoms with Crippen LogP contribution in [-0.4, -0.2) is 54.5 Å². The molecule has 4 nitrogen and oxygen atoms in total. The smallest absolute Gasteiger partial charge is 0.167 e. The van der Waals surface area contributed by atoms with E-state index in [1.807, 2.05) is 6.07 Å². The molecule has 2 aromatic rings. The Hall–Kier alpha value is -2.22. The Morgan fingerprint density at radius 1 is 0.765 bits per heavy atom. The number of aromatic nitrogens is 2. The molecule has 4 atom stereocenters. The molecule has 1 heterocycles. The van der Waals surface area contributed by atoms with Gasteiger partial charge < -0.3 is 9.47 Å². The zero-order chi connectivity index (χ0) is 24.8. The minimum absolute atomic E-state index is 0.0680. The lowest BCUT2D eigenvalue weighted by atomic mass is 10.1. The first-order chi connectivity index (χ1) is 16.4. The molecule has 0 radical (unpaired) electrons. The molecule has 0 aliphatic rings. The fourth-order valence-corrected chi connectivity index (χ4v) is 3.35. The second kappa shape index (κ2) is 15.6. The van der Waals surface area contributed by atoms with Crippen molar-refractivity contribution in [2.45, 2.75) is 83.5 Å². The maximum atomic E-state index is 14.1. The summed E-state index contributed by atoms with van der Waals surface area (Å²) in [4.78, 5) is 8.92. The minimum atomic E-state index is -2.00. The number of aryl methyl sites for hydroxylation is 1. The molecule has 2 rings (SSSR count). The van der Waals surface area contributed by atoms with E-state index in [4.69, 9.17) is 9.47 Å². The van der Waals surface area contributed by atoms with E-state index in [0.29, 0.717) is 18.0 Å². The van der Waals surface area contributed by atoms with Crippen molar-refractivity contribution in [2.24, 2.45) is 0 Å². The molecule has 0 N–H and O–H groups in total. The summed E-state index contributed by atoms with van der Waals surface area (Å²) in [5.74, 6) is 0.975. The topological polar surface area (TPSA) is 44.2 Å². The van der Waals surface area contributed by atoms with E-state index < -0.39 is 44.5 Å². The molecule has 8 heteroatoms. The van der Waals surface area contributed by atoms with Crippen LogP contribution in [0.4, 0.5) is 17.6 Å². The van der Waals surface area contributed by atoms with Gasteiger partial charge >= 0.3 is 0 Å². The highest BCUT2D eigenvalue weighted by molar-refractivity contribution is 5.56. The Morgan fingerprint density at radius 2 is 1.44 bits per heavy atom. The van der Waals surface area contributed by atoms with E-state index >= 15 is 0 Å². The van der Waals surface area contributed by atoms with Crippen molar-refractivity contribution in [3.8, 4) is 17.1 Å². The zero-order valence-electron chi connectivity index (χ0n) is 20.1. The average Bonchev–Trinajstić information content (AvgIpc) is 2.85. The van der Waals surface area contributed by atoms with Gasteiger partial charge in [-0.25, -0.2) is 27.5 Å². The first kappa shape index (κ1) is 28.0. The summed E-state index contributed by atoms with van der Waals surface area (Å²) in [7, 11) is 0. The summed E-state index contributed by atoms with van der Waals surface area (Å²) in [6.45, 7) is 2.14. The number of ether oxygens (including phenoxy) is 2. The van der Waals surface area contributed by atoms with Crippen LogP contribution >= 0.6 is 0 Å². The van der Waals surface area contributed by atoms with Crippen molar-refractivity contribution in [1.82, 2.24) is 9.97 Å². The number of hydrogen-bond acceptors (Lipinski definition) is 4. The summed E-state index contributed by atoms with van der Waals surface area (Å²) in [5, 5.41) is 0. The summed E-state index contributed by atoms with van der Waals surface area (Å²) in [6, 6.07) is 8.73. The molecular formula is C26H36F4N2O2. The van der Waals surface area contributed by atoms with Crippen LogP contribution in [0.15, 0.2) is 36.5 Å². The van der Waals surface area contributed by atoms with Crippen LogP contribution in [0.2, 0.25) is 0 Å². The van der Waals surface area contributed by atoms with Crippen LogP contribution in [-0.2, 0) is 11.2 Å². The molecule has 0 bridgehead atoms. The fraction of sp³-hybridized carbons (Fsp3) is 0.615. The third-order valence-corrected chi connectivity index (χ3v) is 5.42. The van der Waals surface area contributed by atoms with Crippen LogP contribution in [0.25, 0.3) is 11.4 Å². The second-order valence-corrected chi connectivity index (χ2v) is 8.41. The van der Waals surface area contributed by atoms with Crippen LogP contribution in [0, 0.1) is 0 Å². The van der Waals surface area contributed by atoms with Crippen molar-refractivity contribution < 1.29 is 27.0 Å². The van der Waals surface area contributed by atoms with Crippen LogP contribution in [0.1, 0.15) is 58.1 Å². The number of halogens is 4.